The fourth-order valence-electron chi connectivity index (χ4n) is 8.40. The van der Waals surface area contributed by atoms with Gasteiger partial charge in [0.15, 0.2) is 6.29 Å². The first-order chi connectivity index (χ1) is 30.8. The molecule has 9 heteroatoms. The summed E-state index contributed by atoms with van der Waals surface area (Å²) < 4.78 is 11.2. The Morgan fingerprint density at radius 1 is 0.524 bits per heavy atom. The summed E-state index contributed by atoms with van der Waals surface area (Å²) in [5.41, 5.74) is 0. The number of ether oxygens (including phenoxy) is 2. The largest absolute Gasteiger partial charge is 0.394 e. The first-order valence-corrected chi connectivity index (χ1v) is 26.7. The monoisotopic (exact) mass is 892 g/mol. The Morgan fingerprint density at radius 3 is 1.33 bits per heavy atom. The summed E-state index contributed by atoms with van der Waals surface area (Å²) in [5, 5.41) is 54.2. The average molecular weight is 892 g/mol. The lowest BCUT2D eigenvalue weighted by atomic mass is 9.99. The van der Waals surface area contributed by atoms with Crippen molar-refractivity contribution in [2.75, 3.05) is 13.2 Å². The third kappa shape index (κ3) is 34.4. The number of allylic oxidation sites excluding steroid dienone is 5. The molecule has 0 aromatic carbocycles. The van der Waals surface area contributed by atoms with E-state index in [0.717, 1.165) is 38.5 Å². The molecule has 0 aliphatic carbocycles. The number of hydrogen-bond acceptors (Lipinski definition) is 8. The van der Waals surface area contributed by atoms with Crippen LogP contribution in [0.3, 0.4) is 0 Å². The summed E-state index contributed by atoms with van der Waals surface area (Å²) in [6.45, 7) is 3.75. The van der Waals surface area contributed by atoms with Crippen molar-refractivity contribution in [1.29, 1.82) is 0 Å². The molecule has 6 N–H and O–H groups in total. The summed E-state index contributed by atoms with van der Waals surface area (Å²) in [4.78, 5) is 13.0. The molecule has 0 aromatic rings. The van der Waals surface area contributed by atoms with Crippen molar-refractivity contribution < 1.29 is 39.8 Å². The third-order valence-electron chi connectivity index (χ3n) is 12.7. The number of aliphatic hydroxyl groups is 5. The van der Waals surface area contributed by atoms with Gasteiger partial charge in [0.2, 0.25) is 5.91 Å². The molecule has 1 fully saturated rings. The Balaban J connectivity index is 2.18. The maximum atomic E-state index is 13.0. The summed E-state index contributed by atoms with van der Waals surface area (Å²) in [5.74, 6) is -0.187. The lowest BCUT2D eigenvalue weighted by Crippen LogP contribution is -2.60. The van der Waals surface area contributed by atoms with E-state index < -0.39 is 49.5 Å². The van der Waals surface area contributed by atoms with Gasteiger partial charge >= 0.3 is 0 Å². The van der Waals surface area contributed by atoms with E-state index in [-0.39, 0.29) is 12.5 Å². The van der Waals surface area contributed by atoms with Crippen LogP contribution in [0.25, 0.3) is 0 Å². The zero-order valence-corrected chi connectivity index (χ0v) is 40.8. The van der Waals surface area contributed by atoms with E-state index in [1.807, 2.05) is 6.08 Å². The maximum absolute atomic E-state index is 13.0. The van der Waals surface area contributed by atoms with Crippen molar-refractivity contribution >= 4 is 5.91 Å². The van der Waals surface area contributed by atoms with Gasteiger partial charge in [0.05, 0.1) is 25.4 Å². The summed E-state index contributed by atoms with van der Waals surface area (Å²) >= 11 is 0. The summed E-state index contributed by atoms with van der Waals surface area (Å²) in [7, 11) is 0. The van der Waals surface area contributed by atoms with E-state index >= 15 is 0 Å². The standard InChI is InChI=1S/C54H101NO8/c1-3-5-7-9-11-13-15-17-18-19-20-21-22-23-24-25-26-27-28-29-30-31-32-34-36-38-40-42-44-50(58)55-47(46-62-54-53(61)52(60)51(59)49(45-56)63-54)48(57)43-41-39-37-35-33-16-14-12-10-8-6-4-2/h23-24,33,35,41,43,47-49,51-54,56-57,59-61H,3-22,25-32,34,36-40,42,44-46H2,1-2H3,(H,55,58)/b24-23-,35-33+,43-41+. The molecule has 7 unspecified atom stereocenters. The van der Waals surface area contributed by atoms with Crippen molar-refractivity contribution in [3.8, 4) is 0 Å². The van der Waals surface area contributed by atoms with Crippen LogP contribution in [0, 0.1) is 0 Å². The Kier molecular flexibility index (Phi) is 41.7. The van der Waals surface area contributed by atoms with Crippen molar-refractivity contribution in [2.24, 2.45) is 0 Å². The number of nitrogens with one attached hydrogen (secondary N) is 1. The van der Waals surface area contributed by atoms with Crippen LogP contribution in [-0.2, 0) is 14.3 Å². The molecule has 9 nitrogen and oxygen atoms in total. The molecule has 0 radical (unpaired) electrons. The molecule has 0 bridgehead atoms. The lowest BCUT2D eigenvalue weighted by molar-refractivity contribution is -0.302. The van der Waals surface area contributed by atoms with Gasteiger partial charge in [-0.1, -0.05) is 217 Å². The topological polar surface area (TPSA) is 149 Å². The van der Waals surface area contributed by atoms with Crippen molar-refractivity contribution in [1.82, 2.24) is 5.32 Å². The molecule has 0 aromatic heterocycles. The Bertz CT molecular complexity index is 1080. The highest BCUT2D eigenvalue weighted by Crippen LogP contribution is 2.23. The second-order valence-corrected chi connectivity index (χ2v) is 18.7. The van der Waals surface area contributed by atoms with Crippen LogP contribution in [0.15, 0.2) is 36.5 Å². The third-order valence-corrected chi connectivity index (χ3v) is 12.7. The highest BCUT2D eigenvalue weighted by molar-refractivity contribution is 5.76. The molecule has 1 aliphatic heterocycles. The molecule has 1 heterocycles. The van der Waals surface area contributed by atoms with E-state index in [1.165, 1.54) is 186 Å². The van der Waals surface area contributed by atoms with E-state index in [9.17, 15) is 30.3 Å². The highest BCUT2D eigenvalue weighted by Gasteiger charge is 2.44. The van der Waals surface area contributed by atoms with Crippen LogP contribution in [0.5, 0.6) is 0 Å². The minimum atomic E-state index is -1.57. The van der Waals surface area contributed by atoms with Crippen LogP contribution >= 0.6 is 0 Å². The second-order valence-electron chi connectivity index (χ2n) is 18.7. The minimum absolute atomic E-state index is 0.187. The van der Waals surface area contributed by atoms with Crippen molar-refractivity contribution in [3.05, 3.63) is 36.5 Å². The number of carbonyl (C=O) groups is 1. The first-order valence-electron chi connectivity index (χ1n) is 26.7. The van der Waals surface area contributed by atoms with Gasteiger partial charge in [-0.2, -0.15) is 0 Å². The van der Waals surface area contributed by atoms with Gasteiger partial charge in [-0.05, 0) is 57.8 Å². The van der Waals surface area contributed by atoms with Gasteiger partial charge in [-0.25, -0.2) is 0 Å². The maximum Gasteiger partial charge on any atom is 0.220 e. The van der Waals surface area contributed by atoms with Gasteiger partial charge < -0.3 is 40.3 Å². The quantitative estimate of drug-likeness (QED) is 0.0261. The van der Waals surface area contributed by atoms with Crippen LogP contribution in [0.2, 0.25) is 0 Å². The number of aliphatic hydroxyl groups excluding tert-OH is 5. The number of amides is 1. The Morgan fingerprint density at radius 2 is 0.905 bits per heavy atom. The molecule has 1 amide bonds. The van der Waals surface area contributed by atoms with E-state index in [0.29, 0.717) is 6.42 Å². The second kappa shape index (κ2) is 44.3. The molecule has 7 atom stereocenters. The summed E-state index contributed by atoms with van der Waals surface area (Å²) in [6, 6.07) is -0.819. The van der Waals surface area contributed by atoms with Crippen LogP contribution in [-0.4, -0.2) is 87.5 Å². The molecule has 1 saturated heterocycles. The molecular formula is C54H101NO8. The van der Waals surface area contributed by atoms with E-state index in [1.54, 1.807) is 6.08 Å². The van der Waals surface area contributed by atoms with Crippen LogP contribution < -0.4 is 5.32 Å². The zero-order valence-electron chi connectivity index (χ0n) is 40.8. The fourth-order valence-corrected chi connectivity index (χ4v) is 8.40. The van der Waals surface area contributed by atoms with Gasteiger partial charge in [0.25, 0.3) is 0 Å². The Labute approximate surface area is 387 Å². The lowest BCUT2D eigenvalue weighted by Gasteiger charge is -2.40. The number of hydrogen-bond donors (Lipinski definition) is 6. The van der Waals surface area contributed by atoms with Crippen LogP contribution in [0.4, 0.5) is 0 Å². The minimum Gasteiger partial charge on any atom is -0.394 e. The van der Waals surface area contributed by atoms with Gasteiger partial charge in [0, 0.05) is 6.42 Å². The molecule has 0 spiro atoms. The average Bonchev–Trinajstić information content (AvgIpc) is 3.28. The predicted molar refractivity (Wildman–Crippen MR) is 263 cm³/mol. The van der Waals surface area contributed by atoms with Crippen LogP contribution in [0.1, 0.15) is 245 Å². The van der Waals surface area contributed by atoms with Crippen molar-refractivity contribution in [2.45, 2.75) is 288 Å². The van der Waals surface area contributed by atoms with Crippen molar-refractivity contribution in [3.63, 3.8) is 0 Å². The number of unbranched alkanes of at least 4 members (excludes halogenated alkanes) is 31. The van der Waals surface area contributed by atoms with E-state index in [4.69, 9.17) is 9.47 Å². The number of rotatable bonds is 45. The highest BCUT2D eigenvalue weighted by atomic mass is 16.7. The molecule has 63 heavy (non-hydrogen) atoms. The molecule has 370 valence electrons. The normalized spacial score (nSPS) is 20.4. The SMILES string of the molecule is CCCCCCCC/C=C/CC/C=C/C(O)C(COC1OC(CO)C(O)C(O)C1O)NC(=O)CCCCCCCCCCCCCC/C=C\CCCCCCCCCCCCCC. The molecule has 0 saturated carbocycles. The van der Waals surface area contributed by atoms with Gasteiger partial charge in [-0.3, -0.25) is 4.79 Å². The molecular weight excluding hydrogens is 791 g/mol. The molecule has 1 aliphatic rings. The van der Waals surface area contributed by atoms with E-state index in [2.05, 4.69) is 43.5 Å². The Hall–Kier alpha value is -1.59. The molecule has 1 rings (SSSR count). The zero-order chi connectivity index (χ0) is 45.9. The number of carbonyl (C=O) groups excluding carboxylic acids is 1. The first kappa shape index (κ1) is 59.4. The van der Waals surface area contributed by atoms with Gasteiger partial charge in [0.1, 0.15) is 24.4 Å². The van der Waals surface area contributed by atoms with Gasteiger partial charge in [-0.15, -0.1) is 0 Å². The fraction of sp³-hybridized carbons (Fsp3) is 0.870. The smallest absolute Gasteiger partial charge is 0.220 e. The predicted octanol–water partition coefficient (Wildman–Crippen LogP) is 12.4. The summed E-state index contributed by atoms with van der Waals surface area (Å²) in [6.07, 6.45) is 49.3.